The van der Waals surface area contributed by atoms with E-state index in [9.17, 15) is 4.79 Å². The van der Waals surface area contributed by atoms with Crippen LogP contribution in [0.15, 0.2) is 0 Å². The van der Waals surface area contributed by atoms with E-state index in [-0.39, 0.29) is 5.92 Å². The maximum atomic E-state index is 12.4. The summed E-state index contributed by atoms with van der Waals surface area (Å²) in [7, 11) is 0. The highest BCUT2D eigenvalue weighted by Crippen LogP contribution is 2.22. The van der Waals surface area contributed by atoms with Crippen molar-refractivity contribution in [3.05, 3.63) is 0 Å². The molecule has 4 nitrogen and oxygen atoms in total. The molecule has 1 unspecified atom stereocenters. The van der Waals surface area contributed by atoms with Gasteiger partial charge in [0.2, 0.25) is 5.91 Å². The molecular formula is C16H31N3O. The third-order valence-corrected chi connectivity index (χ3v) is 4.95. The van der Waals surface area contributed by atoms with Crippen LogP contribution in [0, 0.1) is 5.92 Å². The van der Waals surface area contributed by atoms with Crippen LogP contribution in [0.25, 0.3) is 0 Å². The maximum absolute atomic E-state index is 12.4. The van der Waals surface area contributed by atoms with Crippen LogP contribution in [0.5, 0.6) is 0 Å². The third kappa shape index (κ3) is 3.95. The largest absolute Gasteiger partial charge is 0.342 e. The van der Waals surface area contributed by atoms with Gasteiger partial charge in [0.25, 0.3) is 0 Å². The second kappa shape index (κ2) is 7.99. The standard InChI is InChI=1S/C16H31N3O/c1-2-6-14(13-17)16(20)19-11-7-15(8-12-19)18-9-4-3-5-10-18/h14-15H,2-13,17H2,1H3. The fourth-order valence-electron chi connectivity index (χ4n) is 3.68. The van der Waals surface area contributed by atoms with Gasteiger partial charge in [0.05, 0.1) is 5.92 Å². The van der Waals surface area contributed by atoms with E-state index in [4.69, 9.17) is 5.73 Å². The first kappa shape index (κ1) is 15.8. The molecule has 2 N–H and O–H groups in total. The van der Waals surface area contributed by atoms with E-state index in [1.54, 1.807) is 0 Å². The summed E-state index contributed by atoms with van der Waals surface area (Å²) in [5.41, 5.74) is 5.75. The molecule has 0 aliphatic carbocycles. The van der Waals surface area contributed by atoms with E-state index < -0.39 is 0 Å². The zero-order chi connectivity index (χ0) is 14.4. The molecule has 1 amide bonds. The zero-order valence-electron chi connectivity index (χ0n) is 13.0. The first-order chi connectivity index (χ1) is 9.76. The molecule has 2 heterocycles. The van der Waals surface area contributed by atoms with Crippen molar-refractivity contribution in [3.8, 4) is 0 Å². The lowest BCUT2D eigenvalue weighted by molar-refractivity contribution is -0.137. The number of rotatable bonds is 5. The maximum Gasteiger partial charge on any atom is 0.226 e. The summed E-state index contributed by atoms with van der Waals surface area (Å²) in [4.78, 5) is 17.1. The number of nitrogens with two attached hydrogens (primary N) is 1. The first-order valence-electron chi connectivity index (χ1n) is 8.49. The van der Waals surface area contributed by atoms with Crippen LogP contribution in [0.1, 0.15) is 51.9 Å². The molecule has 4 heteroatoms. The van der Waals surface area contributed by atoms with Crippen molar-refractivity contribution >= 4 is 5.91 Å². The van der Waals surface area contributed by atoms with E-state index >= 15 is 0 Å². The fraction of sp³-hybridized carbons (Fsp3) is 0.938. The minimum Gasteiger partial charge on any atom is -0.342 e. The van der Waals surface area contributed by atoms with Gasteiger partial charge in [-0.1, -0.05) is 19.8 Å². The number of carbonyl (C=O) groups excluding carboxylic acids is 1. The number of carbonyl (C=O) groups is 1. The topological polar surface area (TPSA) is 49.6 Å². The molecule has 116 valence electrons. The predicted octanol–water partition coefficient (Wildman–Crippen LogP) is 1.84. The molecule has 2 fully saturated rings. The van der Waals surface area contributed by atoms with Gasteiger partial charge in [0.15, 0.2) is 0 Å². The van der Waals surface area contributed by atoms with Gasteiger partial charge in [-0.15, -0.1) is 0 Å². The molecule has 0 aromatic rings. The van der Waals surface area contributed by atoms with Crippen LogP contribution in [0.2, 0.25) is 0 Å². The van der Waals surface area contributed by atoms with Gasteiger partial charge in [0.1, 0.15) is 0 Å². The minimum atomic E-state index is 0.0477. The number of piperidine rings is 2. The molecule has 2 aliphatic heterocycles. The predicted molar refractivity (Wildman–Crippen MR) is 82.5 cm³/mol. The number of likely N-dealkylation sites (tertiary alicyclic amines) is 2. The normalized spacial score (nSPS) is 23.8. The van der Waals surface area contributed by atoms with Crippen LogP contribution in [0.3, 0.4) is 0 Å². The Labute approximate surface area is 123 Å². The Bertz CT molecular complexity index is 294. The Balaban J connectivity index is 1.79. The van der Waals surface area contributed by atoms with Crippen molar-refractivity contribution in [3.63, 3.8) is 0 Å². The Morgan fingerprint density at radius 3 is 2.35 bits per heavy atom. The van der Waals surface area contributed by atoms with Crippen LogP contribution < -0.4 is 5.73 Å². The number of hydrogen-bond donors (Lipinski definition) is 1. The second-order valence-electron chi connectivity index (χ2n) is 6.37. The Morgan fingerprint density at radius 1 is 1.15 bits per heavy atom. The molecule has 0 bridgehead atoms. The molecular weight excluding hydrogens is 250 g/mol. The van der Waals surface area contributed by atoms with Gasteiger partial charge in [0, 0.05) is 25.7 Å². The zero-order valence-corrected chi connectivity index (χ0v) is 13.0. The molecule has 20 heavy (non-hydrogen) atoms. The summed E-state index contributed by atoms with van der Waals surface area (Å²) in [6.45, 7) is 7.01. The van der Waals surface area contributed by atoms with Crippen molar-refractivity contribution < 1.29 is 4.79 Å². The van der Waals surface area contributed by atoms with Gasteiger partial charge in [-0.05, 0) is 45.2 Å². The van der Waals surface area contributed by atoms with Crippen LogP contribution in [0.4, 0.5) is 0 Å². The van der Waals surface area contributed by atoms with Crippen LogP contribution in [-0.2, 0) is 4.79 Å². The van der Waals surface area contributed by atoms with Gasteiger partial charge >= 0.3 is 0 Å². The van der Waals surface area contributed by atoms with Gasteiger partial charge < -0.3 is 15.5 Å². The summed E-state index contributed by atoms with van der Waals surface area (Å²) in [5.74, 6) is 0.345. The van der Waals surface area contributed by atoms with Crippen molar-refractivity contribution in [2.75, 3.05) is 32.7 Å². The summed E-state index contributed by atoms with van der Waals surface area (Å²) in [6.07, 6.45) is 8.36. The highest BCUT2D eigenvalue weighted by atomic mass is 16.2. The second-order valence-corrected chi connectivity index (χ2v) is 6.37. The SMILES string of the molecule is CCCC(CN)C(=O)N1CCC(N2CCCCC2)CC1. The van der Waals surface area contributed by atoms with Gasteiger partial charge in [-0.3, -0.25) is 4.79 Å². The highest BCUT2D eigenvalue weighted by Gasteiger charge is 2.29. The lowest BCUT2D eigenvalue weighted by Crippen LogP contribution is -2.50. The summed E-state index contributed by atoms with van der Waals surface area (Å²) >= 11 is 0. The van der Waals surface area contributed by atoms with Crippen molar-refractivity contribution in [2.24, 2.45) is 11.7 Å². The van der Waals surface area contributed by atoms with Crippen LogP contribution in [-0.4, -0.2) is 54.5 Å². The fourth-order valence-corrected chi connectivity index (χ4v) is 3.68. The van der Waals surface area contributed by atoms with E-state index in [1.165, 1.54) is 32.4 Å². The molecule has 0 saturated carbocycles. The Kier molecular flexibility index (Phi) is 6.30. The smallest absolute Gasteiger partial charge is 0.226 e. The number of nitrogens with zero attached hydrogens (tertiary/aromatic N) is 2. The molecule has 0 spiro atoms. The van der Waals surface area contributed by atoms with Crippen LogP contribution >= 0.6 is 0 Å². The first-order valence-corrected chi connectivity index (χ1v) is 8.49. The van der Waals surface area contributed by atoms with Gasteiger partial charge in [-0.2, -0.15) is 0 Å². The Hall–Kier alpha value is -0.610. The van der Waals surface area contributed by atoms with Crippen molar-refractivity contribution in [2.45, 2.75) is 57.9 Å². The average molecular weight is 281 g/mol. The molecule has 2 aliphatic rings. The quantitative estimate of drug-likeness (QED) is 0.836. The molecule has 2 saturated heterocycles. The van der Waals surface area contributed by atoms with E-state index in [0.29, 0.717) is 18.5 Å². The van der Waals surface area contributed by atoms with E-state index in [2.05, 4.69) is 16.7 Å². The average Bonchev–Trinajstić information content (AvgIpc) is 2.53. The lowest BCUT2D eigenvalue weighted by Gasteiger charge is -2.41. The Morgan fingerprint density at radius 2 is 1.80 bits per heavy atom. The highest BCUT2D eigenvalue weighted by molar-refractivity contribution is 5.79. The molecule has 0 aromatic heterocycles. The minimum absolute atomic E-state index is 0.0477. The van der Waals surface area contributed by atoms with E-state index in [0.717, 1.165) is 38.8 Å². The summed E-state index contributed by atoms with van der Waals surface area (Å²) in [6, 6.07) is 0.710. The van der Waals surface area contributed by atoms with E-state index in [1.807, 2.05) is 0 Å². The molecule has 2 rings (SSSR count). The number of hydrogen-bond acceptors (Lipinski definition) is 3. The third-order valence-electron chi connectivity index (χ3n) is 4.95. The molecule has 1 atom stereocenters. The lowest BCUT2D eigenvalue weighted by atomic mass is 9.97. The summed E-state index contributed by atoms with van der Waals surface area (Å²) in [5, 5.41) is 0. The monoisotopic (exact) mass is 281 g/mol. The van der Waals surface area contributed by atoms with Crippen molar-refractivity contribution in [1.29, 1.82) is 0 Å². The van der Waals surface area contributed by atoms with Gasteiger partial charge in [-0.25, -0.2) is 0 Å². The number of amides is 1. The summed E-state index contributed by atoms with van der Waals surface area (Å²) < 4.78 is 0. The molecule has 0 radical (unpaired) electrons. The molecule has 0 aromatic carbocycles. The van der Waals surface area contributed by atoms with Crippen molar-refractivity contribution in [1.82, 2.24) is 9.80 Å².